The van der Waals surface area contributed by atoms with E-state index < -0.39 is 33.9 Å². The van der Waals surface area contributed by atoms with Crippen LogP contribution in [0.25, 0.3) is 0 Å². The fraction of sp³-hybridized carbons (Fsp3) is 0.776. The zero-order valence-corrected chi connectivity index (χ0v) is 64.9. The van der Waals surface area contributed by atoms with Crippen LogP contribution >= 0.6 is 35.3 Å². The lowest BCUT2D eigenvalue weighted by molar-refractivity contribution is -0.149. The second-order valence-corrected chi connectivity index (χ2v) is 27.2. The van der Waals surface area contributed by atoms with Crippen LogP contribution in [0.2, 0.25) is 0 Å². The Balaban J connectivity index is 0.000000883. The molecule has 3 heterocycles. The van der Waals surface area contributed by atoms with Gasteiger partial charge in [-0.25, -0.2) is 4.79 Å². The van der Waals surface area contributed by atoms with Gasteiger partial charge in [0, 0.05) is 210 Å². The highest BCUT2D eigenvalue weighted by molar-refractivity contribution is 8.01. The maximum absolute atomic E-state index is 12.6. The number of ether oxygens (including phenoxy) is 11. The maximum Gasteiger partial charge on any atom is 0.407 e. The number of likely N-dealkylation sites (tertiary alicyclic amines) is 3. The molecule has 3 aliphatic rings. The molecule has 3 rings (SSSR count). The number of hydrogen-bond acceptors (Lipinski definition) is 29. The molecule has 0 aromatic heterocycles. The lowest BCUT2D eigenvalue weighted by Gasteiger charge is -2.18. The van der Waals surface area contributed by atoms with Crippen molar-refractivity contribution in [1.82, 2.24) is 51.9 Å². The number of carbonyl (C=O) groups is 15. The maximum atomic E-state index is 12.6. The van der Waals surface area contributed by atoms with Gasteiger partial charge in [0.05, 0.1) is 81.8 Å². The predicted molar refractivity (Wildman–Crippen MR) is 390 cm³/mol. The fourth-order valence-corrected chi connectivity index (χ4v) is 12.5. The molecule has 4 unspecified atom stereocenters. The monoisotopic (exact) mass is 1570 g/mol. The Morgan fingerprint density at radius 1 is 0.377 bits per heavy atom. The summed E-state index contributed by atoms with van der Waals surface area (Å²) >= 11 is 3.86. The average molecular weight is 1570 g/mol. The van der Waals surface area contributed by atoms with Gasteiger partial charge in [-0.3, -0.25) is 81.8 Å². The summed E-state index contributed by atoms with van der Waals surface area (Å²) in [6, 6.07) is 0. The predicted octanol–water partition coefficient (Wildman–Crippen LogP) is -0.925. The normalized spacial score (nSPS) is 15.7. The summed E-state index contributed by atoms with van der Waals surface area (Å²) in [5, 5.41) is 16.7. The summed E-state index contributed by atoms with van der Waals surface area (Å²) in [6.07, 6.45) is 2.31. The van der Waals surface area contributed by atoms with Crippen molar-refractivity contribution in [1.29, 1.82) is 0 Å². The third kappa shape index (κ3) is 47.9. The van der Waals surface area contributed by atoms with E-state index in [1.807, 2.05) is 0 Å². The lowest BCUT2D eigenvalue weighted by atomic mass is 10.1. The van der Waals surface area contributed by atoms with Gasteiger partial charge in [0.25, 0.3) is 0 Å². The molecule has 3 saturated heterocycles. The summed E-state index contributed by atoms with van der Waals surface area (Å²) in [5.41, 5.74) is 0. The molecule has 13 amide bonds. The van der Waals surface area contributed by atoms with Gasteiger partial charge in [-0.2, -0.15) is 0 Å². The summed E-state index contributed by atoms with van der Waals surface area (Å²) in [4.78, 5) is 183. The first kappa shape index (κ1) is 97.4. The molecule has 0 bridgehead atoms. The number of nitrogens with one attached hydrogen (secondary N) is 7. The minimum absolute atomic E-state index is 0.0284. The first-order valence-electron chi connectivity index (χ1n) is 35.3. The van der Waals surface area contributed by atoms with E-state index >= 15 is 0 Å². The van der Waals surface area contributed by atoms with Crippen LogP contribution in [0, 0.1) is 0 Å². The van der Waals surface area contributed by atoms with Crippen molar-refractivity contribution in [2.24, 2.45) is 0 Å². The van der Waals surface area contributed by atoms with E-state index in [-0.39, 0.29) is 200 Å². The lowest BCUT2D eigenvalue weighted by Crippen LogP contribution is -2.36. The third-order valence-corrected chi connectivity index (χ3v) is 18.7. The van der Waals surface area contributed by atoms with Crippen molar-refractivity contribution in [3.63, 3.8) is 0 Å². The highest BCUT2D eigenvalue weighted by atomic mass is 32.2. The van der Waals surface area contributed by atoms with Gasteiger partial charge in [0.15, 0.2) is 0 Å². The molecule has 7 N–H and O–H groups in total. The molecule has 606 valence electrons. The van der Waals surface area contributed by atoms with Crippen LogP contribution in [-0.4, -0.2) is 337 Å². The SMILES string of the molecule is CNC(=O)CCSC1CC(=O)N(CCC(=O)NCCCC(=O)CCCOC(COC(=O)CCCOCCOC)COC(=O)NCCOCCOC)C1=O.CNC(=O)CCSC1CC(=O)N(CCC(=O)NCCCOCCOC)C1=O.CNC(=O)CCSC1CC(=O)N(CCC(=O)NCCOCCOC)C1=O. The number of thioether (sulfide) groups is 3. The van der Waals surface area contributed by atoms with Crippen LogP contribution in [0.1, 0.15) is 103 Å². The van der Waals surface area contributed by atoms with Gasteiger partial charge in [-0.1, -0.05) is 0 Å². The van der Waals surface area contributed by atoms with Crippen molar-refractivity contribution in [2.45, 2.75) is 125 Å². The number of nitrogens with zero attached hydrogens (tertiary/aromatic N) is 3. The van der Waals surface area contributed by atoms with Gasteiger partial charge in [0.1, 0.15) is 25.1 Å². The van der Waals surface area contributed by atoms with Crippen molar-refractivity contribution < 1.29 is 124 Å². The van der Waals surface area contributed by atoms with E-state index in [2.05, 4.69) is 37.2 Å². The van der Waals surface area contributed by atoms with Crippen molar-refractivity contribution in [3.8, 4) is 0 Å². The Labute approximate surface area is 633 Å². The standard InChI is InChI=1S/C34H58N4O14S.C17H29N3O6S.C16H27N3O6S/c1-35-29(40)11-22-53-28-23-31(42)38(33(28)44)14-10-30(41)36-12-4-7-26(39)8-5-16-50-27(24-51-32(43)9-6-15-48-20-18-46-2)25-52-34(45)37-13-17-49-21-19-47-3;1-18-14(21)5-11-27-13-12-16(23)20(17(13)24)7-4-15(22)19-6-3-8-26-10-9-25-2;1-17-13(20)4-10-26-12-11-15(22)19(16(12)23)6-3-14(21)18-5-7-25-9-8-24-2/h27-28H,4-25H2,1-3H3,(H,35,40)(H,36,41)(H,37,45);13H,3-12H2,1-2H3,(H,18,21)(H,19,22);12H,3-11H2,1-2H3,(H,17,20)(H,18,21). The first-order valence-corrected chi connectivity index (χ1v) is 38.5. The molecular formula is C67H114N10O26S3. The van der Waals surface area contributed by atoms with E-state index in [1.54, 1.807) is 42.5 Å². The molecule has 0 aliphatic carbocycles. The zero-order valence-electron chi connectivity index (χ0n) is 62.5. The molecule has 39 heteroatoms. The van der Waals surface area contributed by atoms with E-state index in [0.29, 0.717) is 142 Å². The molecule has 0 radical (unpaired) electrons. The van der Waals surface area contributed by atoms with E-state index in [4.69, 9.17) is 52.1 Å². The van der Waals surface area contributed by atoms with Crippen LogP contribution in [0.3, 0.4) is 0 Å². The minimum atomic E-state index is -0.754. The Bertz CT molecular complexity index is 2630. The highest BCUT2D eigenvalue weighted by Gasteiger charge is 2.41. The molecule has 3 fully saturated rings. The van der Waals surface area contributed by atoms with E-state index in [0.717, 1.165) is 14.7 Å². The van der Waals surface area contributed by atoms with E-state index in [9.17, 15) is 71.9 Å². The van der Waals surface area contributed by atoms with Crippen LogP contribution in [0.4, 0.5) is 4.79 Å². The number of imide groups is 3. The van der Waals surface area contributed by atoms with Crippen molar-refractivity contribution in [2.75, 3.05) is 212 Å². The molecular weight excluding hydrogens is 1460 g/mol. The first-order chi connectivity index (χ1) is 51.1. The molecule has 0 aromatic rings. The minimum Gasteiger partial charge on any atom is -0.463 e. The Hall–Kier alpha value is -6.66. The average Bonchev–Trinajstić information content (AvgIpc) is 1.71. The van der Waals surface area contributed by atoms with Gasteiger partial charge in [-0.15, -0.1) is 35.3 Å². The number of Topliss-reactive ketones (excluding diaryl/α,β-unsaturated/α-hetero) is 1. The number of ketones is 1. The second-order valence-electron chi connectivity index (χ2n) is 23.2. The molecule has 3 aliphatic heterocycles. The number of carbonyl (C=O) groups excluding carboxylic acids is 15. The smallest absolute Gasteiger partial charge is 0.407 e. The second kappa shape index (κ2) is 63.3. The highest BCUT2D eigenvalue weighted by Crippen LogP contribution is 2.28. The summed E-state index contributed by atoms with van der Waals surface area (Å²) < 4.78 is 56.9. The number of hydrogen-bond donors (Lipinski definition) is 7. The number of esters is 1. The molecule has 0 saturated carbocycles. The summed E-state index contributed by atoms with van der Waals surface area (Å²) in [7, 11) is 10.9. The molecule has 4 atom stereocenters. The van der Waals surface area contributed by atoms with Crippen LogP contribution < -0.4 is 37.2 Å². The van der Waals surface area contributed by atoms with E-state index in [1.165, 1.54) is 42.3 Å². The fourth-order valence-electron chi connectivity index (χ4n) is 9.18. The van der Waals surface area contributed by atoms with Crippen molar-refractivity contribution in [3.05, 3.63) is 0 Å². The van der Waals surface area contributed by atoms with Gasteiger partial charge in [-0.05, 0) is 25.7 Å². The van der Waals surface area contributed by atoms with Gasteiger partial charge < -0.3 is 89.3 Å². The number of methoxy groups -OCH3 is 4. The number of rotatable bonds is 60. The third-order valence-electron chi connectivity index (χ3n) is 15.1. The zero-order chi connectivity index (χ0) is 78.5. The van der Waals surface area contributed by atoms with Crippen LogP contribution in [0.15, 0.2) is 0 Å². The number of amides is 13. The van der Waals surface area contributed by atoms with Gasteiger partial charge >= 0.3 is 12.1 Å². The number of alkyl carbamates (subject to hydrolysis) is 1. The van der Waals surface area contributed by atoms with Crippen molar-refractivity contribution >= 4 is 124 Å². The molecule has 36 nitrogen and oxygen atoms in total. The largest absolute Gasteiger partial charge is 0.463 e. The van der Waals surface area contributed by atoms with Crippen LogP contribution in [0.5, 0.6) is 0 Å². The topological polar surface area (TPSA) is 452 Å². The summed E-state index contributed by atoms with van der Waals surface area (Å²) in [6.45, 7) is 6.56. The molecule has 0 spiro atoms. The summed E-state index contributed by atoms with van der Waals surface area (Å²) in [5.74, 6) is -2.05. The quantitative estimate of drug-likeness (QED) is 0.0220. The molecule has 106 heavy (non-hydrogen) atoms. The Morgan fingerprint density at radius 2 is 0.726 bits per heavy atom. The Morgan fingerprint density at radius 3 is 1.13 bits per heavy atom. The van der Waals surface area contributed by atoms with Gasteiger partial charge in [0.2, 0.25) is 70.9 Å². The van der Waals surface area contributed by atoms with Crippen LogP contribution in [-0.2, 0) is 119 Å². The Kier molecular flexibility index (Phi) is 58.1. The molecule has 0 aromatic carbocycles.